The lowest BCUT2D eigenvalue weighted by atomic mass is 9.90. The molecule has 0 spiro atoms. The molecule has 2 amide bonds. The zero-order valence-electron chi connectivity index (χ0n) is 15.8. The minimum Gasteiger partial charge on any atom is -0.449 e. The summed E-state index contributed by atoms with van der Waals surface area (Å²) in [6.45, 7) is 3.28. The Hall–Kier alpha value is -3.36. The van der Waals surface area contributed by atoms with Gasteiger partial charge >= 0.3 is 18.2 Å². The number of rotatable bonds is 5. The zero-order chi connectivity index (χ0) is 20.6. The minimum atomic E-state index is -1.18. The molecule has 0 aromatic heterocycles. The maximum atomic E-state index is 12.7. The van der Waals surface area contributed by atoms with Crippen molar-refractivity contribution in [3.8, 4) is 0 Å². The summed E-state index contributed by atoms with van der Waals surface area (Å²) in [5.41, 5.74) is 1.12. The first-order valence-electron chi connectivity index (χ1n) is 8.90. The van der Waals surface area contributed by atoms with Crippen LogP contribution in [0.4, 0.5) is 9.59 Å². The zero-order valence-corrected chi connectivity index (χ0v) is 15.8. The third-order valence-corrected chi connectivity index (χ3v) is 4.09. The number of nitrogens with zero attached hydrogens (tertiary/aromatic N) is 2. The summed E-state index contributed by atoms with van der Waals surface area (Å²) in [5, 5.41) is 0.851. The van der Waals surface area contributed by atoms with Gasteiger partial charge in [0.15, 0.2) is 5.78 Å². The smallest absolute Gasteiger partial charge is 0.437 e. The first-order chi connectivity index (χ1) is 13.4. The fraction of sp³-hybridized carbons (Fsp3) is 0.368. The molecule has 0 saturated heterocycles. The Morgan fingerprint density at radius 1 is 1.18 bits per heavy atom. The van der Waals surface area contributed by atoms with Crippen LogP contribution in [0.5, 0.6) is 0 Å². The number of hydrogen-bond donors (Lipinski definition) is 1. The van der Waals surface area contributed by atoms with Crippen LogP contribution in [0.25, 0.3) is 0 Å². The van der Waals surface area contributed by atoms with Crippen molar-refractivity contribution in [3.05, 3.63) is 48.9 Å². The molecule has 0 aromatic carbocycles. The molecule has 1 heterocycles. The summed E-state index contributed by atoms with van der Waals surface area (Å²) >= 11 is 0. The summed E-state index contributed by atoms with van der Waals surface area (Å²) in [4.78, 5) is 49.8. The van der Waals surface area contributed by atoms with Gasteiger partial charge in [0.1, 0.15) is 12.1 Å². The Balaban J connectivity index is 2.16. The molecule has 0 aromatic rings. The molecule has 1 aliphatic heterocycles. The van der Waals surface area contributed by atoms with Crippen molar-refractivity contribution in [3.63, 3.8) is 0 Å². The molecule has 0 fully saturated rings. The van der Waals surface area contributed by atoms with Gasteiger partial charge in [-0.1, -0.05) is 19.1 Å². The fourth-order valence-corrected chi connectivity index (χ4v) is 2.63. The van der Waals surface area contributed by atoms with Crippen molar-refractivity contribution in [1.82, 2.24) is 15.3 Å². The van der Waals surface area contributed by atoms with Crippen LogP contribution in [-0.4, -0.2) is 52.5 Å². The molecule has 0 atom stereocenters. The predicted molar refractivity (Wildman–Crippen MR) is 99.4 cm³/mol. The van der Waals surface area contributed by atoms with E-state index in [4.69, 9.17) is 9.47 Å². The number of carbonyl (C=O) groups is 4. The van der Waals surface area contributed by atoms with E-state index in [1.165, 1.54) is 24.3 Å². The Bertz CT molecular complexity index is 725. The molecule has 0 radical (unpaired) electrons. The second-order valence-corrected chi connectivity index (χ2v) is 6.00. The van der Waals surface area contributed by atoms with Gasteiger partial charge in [0, 0.05) is 12.4 Å². The molecule has 0 unspecified atom stereocenters. The van der Waals surface area contributed by atoms with Crippen LogP contribution in [0.15, 0.2) is 48.9 Å². The number of carbonyl (C=O) groups excluding carboxylic acids is 4. The van der Waals surface area contributed by atoms with Crippen LogP contribution in [-0.2, 0) is 19.1 Å². The van der Waals surface area contributed by atoms with Crippen LogP contribution in [0.3, 0.4) is 0 Å². The van der Waals surface area contributed by atoms with Crippen molar-refractivity contribution in [2.45, 2.75) is 32.2 Å². The molecule has 9 heteroatoms. The highest BCUT2D eigenvalue weighted by atomic mass is 16.6. The monoisotopic (exact) mass is 389 g/mol. The number of hydrogen-bond acceptors (Lipinski definition) is 7. The van der Waals surface area contributed by atoms with Crippen molar-refractivity contribution >= 4 is 23.9 Å². The maximum Gasteiger partial charge on any atom is 0.437 e. The average Bonchev–Trinajstić information content (AvgIpc) is 2.68. The van der Waals surface area contributed by atoms with E-state index in [2.05, 4.69) is 5.43 Å². The molecule has 28 heavy (non-hydrogen) atoms. The predicted octanol–water partition coefficient (Wildman–Crippen LogP) is 2.19. The molecule has 9 nitrogen and oxygen atoms in total. The Morgan fingerprint density at radius 3 is 2.39 bits per heavy atom. The van der Waals surface area contributed by atoms with Crippen molar-refractivity contribution in [1.29, 1.82) is 0 Å². The summed E-state index contributed by atoms with van der Waals surface area (Å²) in [6.07, 6.45) is 11.7. The van der Waals surface area contributed by atoms with Crippen LogP contribution in [0.1, 0.15) is 26.7 Å². The first kappa shape index (κ1) is 20.9. The highest BCUT2D eigenvalue weighted by molar-refractivity contribution is 6.01. The lowest BCUT2D eigenvalue weighted by molar-refractivity contribution is -0.139. The molecule has 0 saturated carbocycles. The number of nitrogens with one attached hydrogen (secondary N) is 1. The van der Waals surface area contributed by atoms with Crippen molar-refractivity contribution in [2.24, 2.45) is 0 Å². The van der Waals surface area contributed by atoms with E-state index in [1.807, 2.05) is 12.2 Å². The largest absolute Gasteiger partial charge is 0.449 e. The fourth-order valence-electron chi connectivity index (χ4n) is 2.63. The van der Waals surface area contributed by atoms with Crippen LogP contribution < -0.4 is 5.43 Å². The Kier molecular flexibility index (Phi) is 7.14. The second-order valence-electron chi connectivity index (χ2n) is 6.00. The van der Waals surface area contributed by atoms with Gasteiger partial charge in [-0.2, -0.15) is 0 Å². The minimum absolute atomic E-state index is 0.0879. The van der Waals surface area contributed by atoms with E-state index in [1.54, 1.807) is 31.1 Å². The van der Waals surface area contributed by atoms with Gasteiger partial charge in [-0.05, 0) is 44.1 Å². The lowest BCUT2D eigenvalue weighted by Gasteiger charge is -2.38. The number of amides is 2. The summed E-state index contributed by atoms with van der Waals surface area (Å²) in [6, 6.07) is 0. The normalized spacial score (nSPS) is 16.6. The molecule has 1 N–H and O–H groups in total. The van der Waals surface area contributed by atoms with Crippen molar-refractivity contribution < 1.29 is 28.7 Å². The van der Waals surface area contributed by atoms with E-state index >= 15 is 0 Å². The first-order valence-corrected chi connectivity index (χ1v) is 8.90. The lowest BCUT2D eigenvalue weighted by Crippen LogP contribution is -2.59. The Morgan fingerprint density at radius 2 is 1.82 bits per heavy atom. The highest BCUT2D eigenvalue weighted by Crippen LogP contribution is 2.26. The third kappa shape index (κ3) is 5.32. The average molecular weight is 389 g/mol. The third-order valence-electron chi connectivity index (χ3n) is 4.09. The Labute approximate surface area is 162 Å². The van der Waals surface area contributed by atoms with Crippen molar-refractivity contribution in [2.75, 3.05) is 13.2 Å². The van der Waals surface area contributed by atoms with Crippen LogP contribution >= 0.6 is 0 Å². The number of esters is 1. The summed E-state index contributed by atoms with van der Waals surface area (Å²) in [7, 11) is 0. The van der Waals surface area contributed by atoms with Gasteiger partial charge in [0.25, 0.3) is 0 Å². The van der Waals surface area contributed by atoms with Gasteiger partial charge in [-0.15, -0.1) is 0 Å². The highest BCUT2D eigenvalue weighted by Gasteiger charge is 2.39. The number of allylic oxidation sites excluding steroid dienone is 4. The summed E-state index contributed by atoms with van der Waals surface area (Å²) in [5.74, 6) is -1.06. The molecular weight excluding hydrogens is 366 g/mol. The van der Waals surface area contributed by atoms with E-state index in [0.29, 0.717) is 6.42 Å². The van der Waals surface area contributed by atoms with E-state index < -0.39 is 23.7 Å². The van der Waals surface area contributed by atoms with E-state index in [0.717, 1.165) is 11.4 Å². The van der Waals surface area contributed by atoms with Crippen LogP contribution in [0.2, 0.25) is 0 Å². The van der Waals surface area contributed by atoms with Crippen LogP contribution in [0, 0.1) is 0 Å². The maximum absolute atomic E-state index is 12.7. The molecular formula is C19H23N3O6. The van der Waals surface area contributed by atoms with Gasteiger partial charge in [-0.3, -0.25) is 4.79 Å². The number of ether oxygens (including phenoxy) is 2. The van der Waals surface area contributed by atoms with E-state index in [9.17, 15) is 19.2 Å². The molecule has 0 bridgehead atoms. The standard InChI is InChI=1S/C19H23N3O6/c1-3-19(10-8-15(23)9-11-19)22(20-17(25)27-4-2)18(26)28-16(24)14-21-12-6-5-7-13-21/h6-13H,3-5,14H2,1-2H3,(H,20,25). The topological polar surface area (TPSA) is 105 Å². The summed E-state index contributed by atoms with van der Waals surface area (Å²) < 4.78 is 9.74. The van der Waals surface area contributed by atoms with Gasteiger partial charge in [0.05, 0.1) is 6.61 Å². The molecule has 2 aliphatic rings. The molecule has 2 rings (SSSR count). The van der Waals surface area contributed by atoms with Gasteiger partial charge in [-0.25, -0.2) is 24.8 Å². The number of hydrazine groups is 1. The quantitative estimate of drug-likeness (QED) is 0.436. The van der Waals surface area contributed by atoms with Gasteiger partial charge < -0.3 is 14.4 Å². The second kappa shape index (κ2) is 9.54. The SMILES string of the molecule is CCOC(=O)NN(C(=O)OC(=O)CN1C=CCC=C1)C1(CC)C=CC(=O)C=C1. The molecule has 150 valence electrons. The van der Waals surface area contributed by atoms with E-state index in [-0.39, 0.29) is 18.9 Å². The number of ketones is 1. The molecule has 1 aliphatic carbocycles. The van der Waals surface area contributed by atoms with Gasteiger partial charge in [0.2, 0.25) is 0 Å².